The third kappa shape index (κ3) is 3.66. The Bertz CT molecular complexity index is 769. The molecule has 4 rings (SSSR count). The molecule has 6 atom stereocenters. The van der Waals surface area contributed by atoms with Crippen LogP contribution in [0.15, 0.2) is 11.6 Å². The van der Waals surface area contributed by atoms with Crippen molar-refractivity contribution in [3.8, 4) is 0 Å². The average Bonchev–Trinajstić information content (AvgIpc) is 3.10. The van der Waals surface area contributed by atoms with Crippen LogP contribution >= 0.6 is 0 Å². The highest BCUT2D eigenvalue weighted by Gasteiger charge is 2.58. The van der Waals surface area contributed by atoms with Crippen molar-refractivity contribution in [1.82, 2.24) is 0 Å². The molecule has 0 N–H and O–H groups in total. The van der Waals surface area contributed by atoms with Gasteiger partial charge in [-0.05, 0) is 98.4 Å². The zero-order valence-corrected chi connectivity index (χ0v) is 19.6. The summed E-state index contributed by atoms with van der Waals surface area (Å²) in [5, 5.41) is 0. The zero-order valence-electron chi connectivity index (χ0n) is 19.6. The van der Waals surface area contributed by atoms with Gasteiger partial charge in [0.2, 0.25) is 0 Å². The highest BCUT2D eigenvalue weighted by Crippen LogP contribution is 2.67. The zero-order chi connectivity index (χ0) is 22.4. The summed E-state index contributed by atoms with van der Waals surface area (Å²) in [4.78, 5) is 36.2. The minimum atomic E-state index is -0.810. The summed E-state index contributed by atoms with van der Waals surface area (Å²) in [5.74, 6) is 1.21. The Balaban J connectivity index is 1.48. The molecule has 172 valence electrons. The van der Waals surface area contributed by atoms with Crippen LogP contribution in [-0.2, 0) is 23.9 Å². The molecule has 0 heterocycles. The summed E-state index contributed by atoms with van der Waals surface area (Å²) in [5.41, 5.74) is 1.90. The van der Waals surface area contributed by atoms with E-state index in [-0.39, 0.29) is 10.8 Å². The van der Waals surface area contributed by atoms with Gasteiger partial charge in [0, 0.05) is 6.42 Å². The summed E-state index contributed by atoms with van der Waals surface area (Å²) in [7, 11) is 2.66. The Hall–Kier alpha value is -1.65. The van der Waals surface area contributed by atoms with Gasteiger partial charge < -0.3 is 9.47 Å². The Kier molecular flexibility index (Phi) is 6.08. The largest absolute Gasteiger partial charge is 0.468 e. The van der Waals surface area contributed by atoms with Crippen LogP contribution in [0, 0.1) is 40.4 Å². The second-order valence-corrected chi connectivity index (χ2v) is 11.0. The van der Waals surface area contributed by atoms with Gasteiger partial charge in [-0.1, -0.05) is 19.4 Å². The molecule has 4 aliphatic rings. The molecule has 31 heavy (non-hydrogen) atoms. The van der Waals surface area contributed by atoms with Gasteiger partial charge >= 0.3 is 11.9 Å². The first kappa shape index (κ1) is 22.5. The predicted octanol–water partition coefficient (Wildman–Crippen LogP) is 4.88. The van der Waals surface area contributed by atoms with E-state index in [1.54, 1.807) is 0 Å². The van der Waals surface area contributed by atoms with Crippen LogP contribution in [0.2, 0.25) is 0 Å². The normalized spacial score (nSPS) is 39.3. The molecule has 3 saturated carbocycles. The number of esters is 2. The van der Waals surface area contributed by atoms with E-state index in [0.717, 1.165) is 25.2 Å². The molecule has 0 spiro atoms. The Morgan fingerprint density at radius 2 is 1.71 bits per heavy atom. The summed E-state index contributed by atoms with van der Waals surface area (Å²) < 4.78 is 9.71. The fourth-order valence-corrected chi connectivity index (χ4v) is 8.13. The van der Waals surface area contributed by atoms with E-state index in [1.165, 1.54) is 51.9 Å². The number of methoxy groups -OCH3 is 2. The van der Waals surface area contributed by atoms with E-state index in [1.807, 2.05) is 6.08 Å². The van der Waals surface area contributed by atoms with Gasteiger partial charge in [0.25, 0.3) is 0 Å². The number of fused-ring (bicyclic) bond motifs is 5. The summed E-state index contributed by atoms with van der Waals surface area (Å²) >= 11 is 0. The van der Waals surface area contributed by atoms with Crippen LogP contribution < -0.4 is 0 Å². The van der Waals surface area contributed by atoms with Crippen molar-refractivity contribution < 1.29 is 23.9 Å². The van der Waals surface area contributed by atoms with Gasteiger partial charge in [-0.25, -0.2) is 0 Å². The quantitative estimate of drug-likeness (QED) is 0.459. The van der Waals surface area contributed by atoms with E-state index in [0.29, 0.717) is 36.4 Å². The minimum absolute atomic E-state index is 0.205. The standard InChI is InChI=1S/C26H38O5/c1-25-14-12-22-19(8-6-17-15-18(27)11-13-26(17,22)2)21(25)10-7-16(25)5-9-20(23(28)30-3)24(29)31-4/h15-16,19-22H,5-14H2,1-4H3/t16?,19?,21?,22?,25?,26-/m0/s1. The second-order valence-electron chi connectivity index (χ2n) is 11.0. The van der Waals surface area contributed by atoms with Crippen LogP contribution in [-0.4, -0.2) is 31.9 Å². The molecule has 5 heteroatoms. The van der Waals surface area contributed by atoms with Gasteiger partial charge in [0.1, 0.15) is 0 Å². The highest BCUT2D eigenvalue weighted by atomic mass is 16.5. The van der Waals surface area contributed by atoms with Crippen molar-refractivity contribution in [3.05, 3.63) is 11.6 Å². The second kappa shape index (κ2) is 8.37. The van der Waals surface area contributed by atoms with Gasteiger partial charge in [-0.15, -0.1) is 0 Å². The Morgan fingerprint density at radius 1 is 1.00 bits per heavy atom. The molecule has 0 saturated heterocycles. The SMILES string of the molecule is COC(=O)C(CCC1CCC2C3CCC4=CC(=O)CC[C@]4(C)C3CCC12C)C(=O)OC. The topological polar surface area (TPSA) is 69.7 Å². The number of hydrogen-bond donors (Lipinski definition) is 0. The third-order valence-corrected chi connectivity index (χ3v) is 9.93. The van der Waals surface area contributed by atoms with E-state index >= 15 is 0 Å². The Labute approximate surface area is 186 Å². The van der Waals surface area contributed by atoms with E-state index < -0.39 is 17.9 Å². The van der Waals surface area contributed by atoms with Crippen molar-refractivity contribution in [2.24, 2.45) is 40.4 Å². The number of allylic oxidation sites excluding steroid dienone is 1. The molecule has 0 amide bonds. The summed E-state index contributed by atoms with van der Waals surface area (Å²) in [6.45, 7) is 4.89. The molecule has 3 fully saturated rings. The lowest BCUT2D eigenvalue weighted by Gasteiger charge is -2.58. The van der Waals surface area contributed by atoms with Gasteiger partial charge in [0.05, 0.1) is 14.2 Å². The predicted molar refractivity (Wildman–Crippen MR) is 117 cm³/mol. The van der Waals surface area contributed by atoms with E-state index in [4.69, 9.17) is 9.47 Å². The fraction of sp³-hybridized carbons (Fsp3) is 0.808. The first-order valence-electron chi connectivity index (χ1n) is 12.1. The van der Waals surface area contributed by atoms with Crippen LogP contribution in [0.4, 0.5) is 0 Å². The summed E-state index contributed by atoms with van der Waals surface area (Å²) in [6, 6.07) is 0. The molecule has 0 aromatic rings. The number of carbonyl (C=O) groups is 3. The van der Waals surface area contributed by atoms with Crippen molar-refractivity contribution >= 4 is 17.7 Å². The molecule has 5 unspecified atom stereocenters. The average molecular weight is 431 g/mol. The number of ketones is 1. The molecule has 5 nitrogen and oxygen atoms in total. The van der Waals surface area contributed by atoms with Crippen LogP contribution in [0.1, 0.15) is 78.1 Å². The number of hydrogen-bond acceptors (Lipinski definition) is 5. The number of carbonyl (C=O) groups excluding carboxylic acids is 3. The number of ether oxygens (including phenoxy) is 2. The Morgan fingerprint density at radius 3 is 2.39 bits per heavy atom. The first-order valence-corrected chi connectivity index (χ1v) is 12.1. The lowest BCUT2D eigenvalue weighted by molar-refractivity contribution is -0.159. The molecule has 0 aromatic carbocycles. The molecular weight excluding hydrogens is 392 g/mol. The highest BCUT2D eigenvalue weighted by molar-refractivity contribution is 5.94. The molecular formula is C26H38O5. The maximum absolute atomic E-state index is 12.1. The van der Waals surface area contributed by atoms with Gasteiger partial charge in [-0.3, -0.25) is 14.4 Å². The van der Waals surface area contributed by atoms with Crippen LogP contribution in [0.5, 0.6) is 0 Å². The third-order valence-electron chi connectivity index (χ3n) is 9.93. The first-order chi connectivity index (χ1) is 14.7. The van der Waals surface area contributed by atoms with Crippen LogP contribution in [0.3, 0.4) is 0 Å². The van der Waals surface area contributed by atoms with Crippen molar-refractivity contribution in [2.75, 3.05) is 14.2 Å². The van der Waals surface area contributed by atoms with Gasteiger partial charge in [-0.2, -0.15) is 0 Å². The molecule has 0 bridgehead atoms. The monoisotopic (exact) mass is 430 g/mol. The lowest BCUT2D eigenvalue weighted by Crippen LogP contribution is -2.50. The van der Waals surface area contributed by atoms with Crippen molar-refractivity contribution in [1.29, 1.82) is 0 Å². The molecule has 0 aromatic heterocycles. The smallest absolute Gasteiger partial charge is 0.320 e. The maximum Gasteiger partial charge on any atom is 0.320 e. The molecule has 0 aliphatic heterocycles. The molecule has 4 aliphatic carbocycles. The van der Waals surface area contributed by atoms with Crippen LogP contribution in [0.25, 0.3) is 0 Å². The minimum Gasteiger partial charge on any atom is -0.468 e. The summed E-state index contributed by atoms with van der Waals surface area (Å²) in [6.07, 6.45) is 12.2. The van der Waals surface area contributed by atoms with E-state index in [9.17, 15) is 14.4 Å². The van der Waals surface area contributed by atoms with E-state index in [2.05, 4.69) is 13.8 Å². The van der Waals surface area contributed by atoms with Crippen molar-refractivity contribution in [3.63, 3.8) is 0 Å². The maximum atomic E-state index is 12.1. The number of rotatable bonds is 5. The lowest BCUT2D eigenvalue weighted by atomic mass is 9.46. The molecule has 0 radical (unpaired) electrons. The van der Waals surface area contributed by atoms with Gasteiger partial charge in [0.15, 0.2) is 11.7 Å². The van der Waals surface area contributed by atoms with Crippen molar-refractivity contribution in [2.45, 2.75) is 78.1 Å². The fourth-order valence-electron chi connectivity index (χ4n) is 8.13.